The highest BCUT2D eigenvalue weighted by molar-refractivity contribution is 7.50. The van der Waals surface area contributed by atoms with Crippen LogP contribution in [0.15, 0.2) is 35.5 Å². The molecule has 0 bridgehead atoms. The van der Waals surface area contributed by atoms with Gasteiger partial charge < -0.3 is 10.1 Å². The fraction of sp³-hybridized carbons (Fsp3) is 0.273. The second-order valence-electron chi connectivity index (χ2n) is 3.09. The van der Waals surface area contributed by atoms with Crippen LogP contribution in [0, 0.1) is 11.3 Å². The van der Waals surface area contributed by atoms with Crippen LogP contribution in [0.2, 0.25) is 0 Å². The van der Waals surface area contributed by atoms with E-state index in [9.17, 15) is 4.57 Å². The molecule has 0 aliphatic rings. The molecule has 0 aromatic heterocycles. The first-order valence-electron chi connectivity index (χ1n) is 5.34. The van der Waals surface area contributed by atoms with Gasteiger partial charge in [0, 0.05) is 5.56 Å². The lowest BCUT2D eigenvalue weighted by Crippen LogP contribution is -2.04. The molecule has 0 aliphatic carbocycles. The van der Waals surface area contributed by atoms with Gasteiger partial charge in [-0.05, 0) is 14.0 Å². The molecule has 8 heteroatoms. The summed E-state index contributed by atoms with van der Waals surface area (Å²) < 4.78 is 14.8. The minimum Gasteiger partial charge on any atom is -0.410 e. The van der Waals surface area contributed by atoms with Crippen LogP contribution in [0.4, 0.5) is 0 Å². The lowest BCUT2D eigenvalue weighted by atomic mass is 10.1. The Morgan fingerprint density at radius 2 is 2.11 bits per heavy atom. The Hall–Kier alpha value is -1.71. The Bertz CT molecular complexity index is 484. The van der Waals surface area contributed by atoms with Crippen molar-refractivity contribution in [2.24, 2.45) is 5.16 Å². The molecule has 0 spiro atoms. The number of hydrogen-bond donors (Lipinski definition) is 3. The predicted molar refractivity (Wildman–Crippen MR) is 70.9 cm³/mol. The highest BCUT2D eigenvalue weighted by atomic mass is 31.2. The lowest BCUT2D eigenvalue weighted by molar-refractivity contribution is 0.266. The molecule has 0 saturated heterocycles. The molecule has 1 unspecified atom stereocenters. The maximum atomic E-state index is 10.4. The summed E-state index contributed by atoms with van der Waals surface area (Å²) >= 11 is 0. The van der Waals surface area contributed by atoms with Crippen molar-refractivity contribution in [2.75, 3.05) is 13.7 Å². The largest absolute Gasteiger partial charge is 0.410 e. The van der Waals surface area contributed by atoms with E-state index in [0.29, 0.717) is 5.56 Å². The first-order chi connectivity index (χ1) is 9.00. The molecule has 0 radical (unpaired) electrons. The molecular weight excluding hydrogens is 269 g/mol. The number of nitriles is 1. The number of oxime groups is 1. The normalized spacial score (nSPS) is 13.7. The molecule has 104 valence electrons. The van der Waals surface area contributed by atoms with E-state index in [1.807, 2.05) is 6.07 Å². The highest BCUT2D eigenvalue weighted by Gasteiger charge is 2.12. The second kappa shape index (κ2) is 9.25. The molecule has 1 aromatic rings. The van der Waals surface area contributed by atoms with Crippen molar-refractivity contribution >= 4 is 13.5 Å². The Morgan fingerprint density at radius 1 is 1.53 bits per heavy atom. The van der Waals surface area contributed by atoms with Crippen LogP contribution in [0.1, 0.15) is 12.5 Å². The van der Waals surface area contributed by atoms with Gasteiger partial charge in [0.05, 0.1) is 6.61 Å². The van der Waals surface area contributed by atoms with Crippen molar-refractivity contribution in [3.8, 4) is 6.07 Å². The molecule has 0 aliphatic heterocycles. The Labute approximate surface area is 111 Å². The Kier molecular flexibility index (Phi) is 8.42. The number of benzene rings is 1. The van der Waals surface area contributed by atoms with E-state index in [2.05, 4.69) is 14.8 Å². The molecule has 7 nitrogen and oxygen atoms in total. The fourth-order valence-corrected chi connectivity index (χ4v) is 1.46. The number of hydrogen-bond acceptors (Lipinski definition) is 5. The molecule has 1 aromatic carbocycles. The van der Waals surface area contributed by atoms with Gasteiger partial charge in [-0.25, -0.2) is 9.65 Å². The first kappa shape index (κ1) is 17.3. The molecular formula is C11H16N3O4P. The van der Waals surface area contributed by atoms with Gasteiger partial charge in [0.15, 0.2) is 5.71 Å². The highest BCUT2D eigenvalue weighted by Crippen LogP contribution is 2.34. The summed E-state index contributed by atoms with van der Waals surface area (Å²) in [5, 5.41) is 21.7. The van der Waals surface area contributed by atoms with Gasteiger partial charge in [-0.2, -0.15) is 5.26 Å². The monoisotopic (exact) mass is 285 g/mol. The fourth-order valence-electron chi connectivity index (χ4n) is 0.980. The third-order valence-corrected chi connectivity index (χ3v) is 3.01. The molecule has 19 heavy (non-hydrogen) atoms. The van der Waals surface area contributed by atoms with Crippen LogP contribution < -0.4 is 5.09 Å². The van der Waals surface area contributed by atoms with Crippen LogP contribution in [-0.2, 0) is 9.09 Å². The van der Waals surface area contributed by atoms with Gasteiger partial charge in [0.25, 0.3) is 0 Å². The number of nitrogens with one attached hydrogen (secondary N) is 1. The van der Waals surface area contributed by atoms with Crippen LogP contribution in [-0.4, -0.2) is 29.5 Å². The topological polar surface area (TPSA) is 115 Å². The van der Waals surface area contributed by atoms with E-state index in [0.717, 1.165) is 0 Å². The third-order valence-electron chi connectivity index (χ3n) is 1.84. The molecule has 1 rings (SSSR count). The lowest BCUT2D eigenvalue weighted by Gasteiger charge is -2.06. The van der Waals surface area contributed by atoms with Crippen molar-refractivity contribution in [2.45, 2.75) is 6.92 Å². The van der Waals surface area contributed by atoms with E-state index < -0.39 is 7.75 Å². The van der Waals surface area contributed by atoms with Crippen molar-refractivity contribution < 1.29 is 19.2 Å². The van der Waals surface area contributed by atoms with E-state index in [-0.39, 0.29) is 12.3 Å². The molecule has 0 fully saturated rings. The molecule has 0 heterocycles. The zero-order valence-corrected chi connectivity index (χ0v) is 11.5. The van der Waals surface area contributed by atoms with Gasteiger partial charge in [0.2, 0.25) is 0 Å². The molecule has 1 atom stereocenters. The predicted octanol–water partition coefficient (Wildman–Crippen LogP) is 1.73. The quantitative estimate of drug-likeness (QED) is 0.336. The summed E-state index contributed by atoms with van der Waals surface area (Å²) in [5.41, 5.74) is 0.656. The van der Waals surface area contributed by atoms with Gasteiger partial charge in [-0.1, -0.05) is 35.5 Å². The summed E-state index contributed by atoms with van der Waals surface area (Å²) in [6.45, 7) is 1.90. The van der Waals surface area contributed by atoms with Crippen molar-refractivity contribution in [1.29, 1.82) is 5.26 Å². The van der Waals surface area contributed by atoms with Gasteiger partial charge in [-0.15, -0.1) is 0 Å². The number of nitrogens with zero attached hydrogens (tertiary/aromatic N) is 2. The summed E-state index contributed by atoms with van der Waals surface area (Å²) in [6, 6.07) is 10.6. The smallest absolute Gasteiger partial charge is 0.402 e. The average molecular weight is 285 g/mol. The van der Waals surface area contributed by atoms with E-state index in [4.69, 9.17) is 15.4 Å². The molecule has 3 N–H and O–H groups in total. The van der Waals surface area contributed by atoms with Crippen LogP contribution >= 0.6 is 7.75 Å². The van der Waals surface area contributed by atoms with E-state index in [1.165, 1.54) is 7.05 Å². The maximum absolute atomic E-state index is 10.4. The summed E-state index contributed by atoms with van der Waals surface area (Å²) in [7, 11) is -2.05. The number of rotatable bonds is 4. The van der Waals surface area contributed by atoms with Gasteiger partial charge >= 0.3 is 7.75 Å². The summed E-state index contributed by atoms with van der Waals surface area (Å²) in [4.78, 5) is 8.55. The van der Waals surface area contributed by atoms with Crippen LogP contribution in [0.3, 0.4) is 0 Å². The van der Waals surface area contributed by atoms with Crippen LogP contribution in [0.25, 0.3) is 0 Å². The van der Waals surface area contributed by atoms with E-state index >= 15 is 0 Å². The maximum Gasteiger partial charge on any atom is 0.402 e. The second-order valence-corrected chi connectivity index (χ2v) is 4.83. The Morgan fingerprint density at radius 3 is 2.42 bits per heavy atom. The van der Waals surface area contributed by atoms with Crippen molar-refractivity contribution in [3.63, 3.8) is 0 Å². The minimum absolute atomic E-state index is 0.0330. The standard InChI is InChI=1S/C8H6N2O.C3H10NO3P/c9-6-8(10-11)7-4-2-1-3-5-7;1-3-7-8(5,6)4-2/h1-5,11H;3H2,1-2H3,(H2,4,5,6)/b10-8-;. The molecule has 0 saturated carbocycles. The SMILES string of the molecule is CCOP(=O)(O)NC.N#C/C(=N/O)c1ccccc1. The zero-order chi connectivity index (χ0) is 14.7. The minimum atomic E-state index is -3.42. The molecule has 0 amide bonds. The van der Waals surface area contributed by atoms with Gasteiger partial charge in [0.1, 0.15) is 6.07 Å². The van der Waals surface area contributed by atoms with Crippen molar-refractivity contribution in [1.82, 2.24) is 5.09 Å². The summed E-state index contributed by atoms with van der Waals surface area (Å²) in [5.74, 6) is 0. The zero-order valence-electron chi connectivity index (χ0n) is 10.6. The van der Waals surface area contributed by atoms with E-state index in [1.54, 1.807) is 37.3 Å². The first-order valence-corrected chi connectivity index (χ1v) is 6.92. The van der Waals surface area contributed by atoms with Gasteiger partial charge in [-0.3, -0.25) is 4.52 Å². The average Bonchev–Trinajstić information content (AvgIpc) is 2.42. The summed E-state index contributed by atoms with van der Waals surface area (Å²) in [6.07, 6.45) is 0. The van der Waals surface area contributed by atoms with Crippen molar-refractivity contribution in [3.05, 3.63) is 35.9 Å². The Balaban J connectivity index is 0.000000362. The third kappa shape index (κ3) is 7.34. The van der Waals surface area contributed by atoms with Crippen LogP contribution in [0.5, 0.6) is 0 Å².